The van der Waals surface area contributed by atoms with Crippen LogP contribution in [-0.4, -0.2) is 52.3 Å². The van der Waals surface area contributed by atoms with E-state index in [1.807, 2.05) is 20.8 Å². The van der Waals surface area contributed by atoms with Crippen LogP contribution in [0.1, 0.15) is 71.5 Å². The van der Waals surface area contributed by atoms with Crippen LogP contribution in [0.5, 0.6) is 5.88 Å². The molecule has 10 heteroatoms. The molecule has 8 nitrogen and oxygen atoms in total. The zero-order valence-electron chi connectivity index (χ0n) is 22.3. The van der Waals surface area contributed by atoms with Gasteiger partial charge >= 0.3 is 0 Å². The smallest absolute Gasteiger partial charge is 0.218 e. The highest BCUT2D eigenvalue weighted by atomic mass is 35.5. The summed E-state index contributed by atoms with van der Waals surface area (Å²) >= 11 is 7.82. The second-order valence-corrected chi connectivity index (χ2v) is 11.1. The van der Waals surface area contributed by atoms with Crippen molar-refractivity contribution in [2.45, 2.75) is 77.1 Å². The van der Waals surface area contributed by atoms with Gasteiger partial charge in [-0.3, -0.25) is 4.79 Å². The first-order chi connectivity index (χ1) is 17.8. The van der Waals surface area contributed by atoms with Gasteiger partial charge in [-0.15, -0.1) is 11.8 Å². The zero-order chi connectivity index (χ0) is 27.1. The number of allylic oxidation sites excluding steroid dienone is 2. The van der Waals surface area contributed by atoms with Gasteiger partial charge in [-0.25, -0.2) is 4.98 Å². The standard InChI is InChI=1S/C25H33ClN6O2S.C2H6/c1-3-6-16(23(33)15-8-4-9-18-21(15)17(12-27)24(29)35-18)22(28)25-30-19(26)11-20(31-25)34-13-14-7-5-10-32(14)2;1-2/h11,14-15,17,24H,3-10,13,28-29H2,1-2H3;1-2H3/b22-16-;/t14-,15-,17?,24?;/m0./s1. The Kier molecular flexibility index (Phi) is 10.8. The number of thioether (sulfide) groups is 1. The van der Waals surface area contributed by atoms with E-state index in [9.17, 15) is 10.1 Å². The average Bonchev–Trinajstić information content (AvgIpc) is 3.46. The van der Waals surface area contributed by atoms with E-state index in [2.05, 4.69) is 28.0 Å². The van der Waals surface area contributed by atoms with E-state index < -0.39 is 11.8 Å². The monoisotopic (exact) mass is 546 g/mol. The van der Waals surface area contributed by atoms with Crippen LogP contribution in [0, 0.1) is 23.2 Å². The summed E-state index contributed by atoms with van der Waals surface area (Å²) in [4.78, 5) is 26.0. The lowest BCUT2D eigenvalue weighted by molar-refractivity contribution is -0.118. The van der Waals surface area contributed by atoms with E-state index in [0.29, 0.717) is 36.9 Å². The Morgan fingerprint density at radius 2 is 2.08 bits per heavy atom. The van der Waals surface area contributed by atoms with Crippen LogP contribution >= 0.6 is 23.4 Å². The van der Waals surface area contributed by atoms with Gasteiger partial charge in [0, 0.05) is 23.6 Å². The fraction of sp³-hybridized carbons (Fsp3) is 0.630. The molecule has 0 amide bonds. The van der Waals surface area contributed by atoms with E-state index in [1.165, 1.54) is 11.8 Å². The second-order valence-electron chi connectivity index (χ2n) is 9.46. The number of hydrogen-bond acceptors (Lipinski definition) is 9. The van der Waals surface area contributed by atoms with Crippen molar-refractivity contribution in [3.8, 4) is 11.9 Å². The van der Waals surface area contributed by atoms with Crippen LogP contribution < -0.4 is 16.2 Å². The first-order valence-electron chi connectivity index (χ1n) is 13.3. The Labute approximate surface area is 229 Å². The van der Waals surface area contributed by atoms with Crippen molar-refractivity contribution in [1.82, 2.24) is 14.9 Å². The molecule has 2 aliphatic heterocycles. The van der Waals surface area contributed by atoms with E-state index in [-0.39, 0.29) is 27.8 Å². The van der Waals surface area contributed by atoms with Crippen molar-refractivity contribution in [2.24, 2.45) is 23.3 Å². The number of nitriles is 1. The normalized spacial score (nSPS) is 26.1. The molecule has 2 unspecified atom stereocenters. The van der Waals surface area contributed by atoms with E-state index in [0.717, 1.165) is 49.1 Å². The molecule has 4 rings (SSSR count). The van der Waals surface area contributed by atoms with Crippen LogP contribution in [-0.2, 0) is 4.79 Å². The molecular formula is C27H39ClN6O2S. The molecule has 1 saturated heterocycles. The van der Waals surface area contributed by atoms with E-state index in [4.69, 9.17) is 27.8 Å². The summed E-state index contributed by atoms with van der Waals surface area (Å²) in [5, 5.41) is 9.61. The minimum atomic E-state index is -0.454. The first kappa shape index (κ1) is 29.4. The number of likely N-dealkylation sites (tertiary alicyclic amines) is 1. The lowest BCUT2D eigenvalue weighted by Gasteiger charge is -2.26. The SMILES string of the molecule is CC.CCC/C(C(=O)[C@H]1CCCC2=C1C(C#N)C(N)S2)=C(/N)c1nc(Cl)cc(OC[C@@H]2CCCN2C)n1. The molecule has 0 bridgehead atoms. The molecule has 0 aromatic carbocycles. The summed E-state index contributed by atoms with van der Waals surface area (Å²) in [6, 6.07) is 4.22. The molecule has 1 aliphatic carbocycles. The maximum Gasteiger partial charge on any atom is 0.218 e. The quantitative estimate of drug-likeness (QED) is 0.345. The summed E-state index contributed by atoms with van der Waals surface area (Å²) < 4.78 is 5.95. The number of ether oxygens (including phenoxy) is 1. The maximum absolute atomic E-state index is 13.9. The van der Waals surface area contributed by atoms with Crippen LogP contribution in [0.3, 0.4) is 0 Å². The number of likely N-dealkylation sites (N-methyl/N-ethyl adjacent to an activating group) is 1. The molecule has 3 aliphatic rings. The van der Waals surface area contributed by atoms with Gasteiger partial charge in [-0.2, -0.15) is 10.2 Å². The summed E-state index contributed by atoms with van der Waals surface area (Å²) in [6.07, 6.45) is 5.87. The van der Waals surface area contributed by atoms with Crippen LogP contribution in [0.25, 0.3) is 5.70 Å². The molecular weight excluding hydrogens is 508 g/mol. The topological polar surface area (TPSA) is 131 Å². The number of carbonyl (C=O) groups is 1. The summed E-state index contributed by atoms with van der Waals surface area (Å²) in [6.45, 7) is 7.55. The van der Waals surface area contributed by atoms with Crippen molar-refractivity contribution in [3.63, 3.8) is 0 Å². The zero-order valence-corrected chi connectivity index (χ0v) is 23.9. The van der Waals surface area contributed by atoms with E-state index in [1.54, 1.807) is 6.07 Å². The maximum atomic E-state index is 13.9. The highest BCUT2D eigenvalue weighted by molar-refractivity contribution is 8.03. The van der Waals surface area contributed by atoms with Gasteiger partial charge in [0.1, 0.15) is 11.8 Å². The molecule has 4 N–H and O–H groups in total. The number of ketones is 1. The van der Waals surface area contributed by atoms with Gasteiger partial charge < -0.3 is 21.1 Å². The van der Waals surface area contributed by atoms with Gasteiger partial charge in [-0.1, -0.05) is 38.8 Å². The fourth-order valence-corrected chi connectivity index (χ4v) is 6.76. The third-order valence-corrected chi connectivity index (χ3v) is 8.58. The number of nitrogens with zero attached hydrogens (tertiary/aromatic N) is 4. The molecule has 4 atom stereocenters. The first-order valence-corrected chi connectivity index (χ1v) is 14.5. The predicted molar refractivity (Wildman–Crippen MR) is 150 cm³/mol. The molecule has 37 heavy (non-hydrogen) atoms. The Morgan fingerprint density at radius 3 is 2.73 bits per heavy atom. The van der Waals surface area contributed by atoms with Crippen LogP contribution in [0.15, 0.2) is 22.1 Å². The lowest BCUT2D eigenvalue weighted by Crippen LogP contribution is -2.31. The average molecular weight is 547 g/mol. The summed E-state index contributed by atoms with van der Waals surface area (Å²) in [7, 11) is 2.08. The van der Waals surface area contributed by atoms with Gasteiger partial charge in [0.25, 0.3) is 0 Å². The van der Waals surface area contributed by atoms with Crippen molar-refractivity contribution in [2.75, 3.05) is 20.2 Å². The second kappa shape index (κ2) is 13.6. The number of halogens is 1. The fourth-order valence-electron chi connectivity index (χ4n) is 5.25. The minimum absolute atomic E-state index is 0.0647. The van der Waals surface area contributed by atoms with Gasteiger partial charge in [0.05, 0.1) is 23.1 Å². The predicted octanol–water partition coefficient (Wildman–Crippen LogP) is 4.89. The third kappa shape index (κ3) is 6.66. The highest BCUT2D eigenvalue weighted by Gasteiger charge is 2.42. The molecule has 1 fully saturated rings. The number of Topliss-reactive ketones (excluding diaryl/α,β-unsaturated/α-hetero) is 1. The number of carbonyl (C=O) groups excluding carboxylic acids is 1. The van der Waals surface area contributed by atoms with Crippen molar-refractivity contribution in [1.29, 1.82) is 5.26 Å². The molecule has 0 radical (unpaired) electrons. The Bertz CT molecular complexity index is 1090. The van der Waals surface area contributed by atoms with Gasteiger partial charge in [0.15, 0.2) is 11.6 Å². The summed E-state index contributed by atoms with van der Waals surface area (Å²) in [5.74, 6) is -0.368. The van der Waals surface area contributed by atoms with Crippen LogP contribution in [0.4, 0.5) is 0 Å². The van der Waals surface area contributed by atoms with Crippen LogP contribution in [0.2, 0.25) is 5.15 Å². The number of nitrogens with two attached hydrogens (primary N) is 2. The third-order valence-electron chi connectivity index (χ3n) is 7.12. The molecule has 3 heterocycles. The van der Waals surface area contributed by atoms with Crippen molar-refractivity contribution >= 4 is 34.8 Å². The van der Waals surface area contributed by atoms with Gasteiger partial charge in [-0.05, 0) is 62.6 Å². The largest absolute Gasteiger partial charge is 0.476 e. The molecule has 1 aromatic rings. The minimum Gasteiger partial charge on any atom is -0.476 e. The lowest BCUT2D eigenvalue weighted by atomic mass is 9.76. The molecule has 1 aromatic heterocycles. The highest BCUT2D eigenvalue weighted by Crippen LogP contribution is 2.50. The number of rotatable bonds is 8. The Hall–Kier alpha value is -2.12. The molecule has 0 spiro atoms. The van der Waals surface area contributed by atoms with Crippen molar-refractivity contribution < 1.29 is 9.53 Å². The van der Waals surface area contributed by atoms with Gasteiger partial charge in [0.2, 0.25) is 5.88 Å². The van der Waals surface area contributed by atoms with E-state index >= 15 is 0 Å². The Morgan fingerprint density at radius 1 is 1.32 bits per heavy atom. The molecule has 0 saturated carbocycles. The Balaban J connectivity index is 0.00000186. The number of hydrogen-bond donors (Lipinski definition) is 2. The van der Waals surface area contributed by atoms with Crippen molar-refractivity contribution in [3.05, 3.63) is 33.1 Å². The number of aromatic nitrogens is 2. The summed E-state index contributed by atoms with van der Waals surface area (Å²) in [5.41, 5.74) is 14.3. The molecule has 202 valence electrons.